The van der Waals surface area contributed by atoms with E-state index < -0.39 is 5.97 Å². The van der Waals surface area contributed by atoms with Gasteiger partial charge in [-0.05, 0) is 60.1 Å². The van der Waals surface area contributed by atoms with Crippen molar-refractivity contribution in [2.75, 3.05) is 5.32 Å². The molecule has 0 aliphatic carbocycles. The molecule has 0 bridgehead atoms. The maximum Gasteiger partial charge on any atom is 0.344 e. The number of benzene rings is 2. The first-order chi connectivity index (χ1) is 12.4. The molecule has 0 amide bonds. The highest BCUT2D eigenvalue weighted by atomic mass is 79.9. The molecule has 0 saturated carbocycles. The molecule has 1 N–H and O–H groups in total. The maximum absolute atomic E-state index is 12.5. The van der Waals surface area contributed by atoms with E-state index in [0.29, 0.717) is 15.8 Å². The summed E-state index contributed by atoms with van der Waals surface area (Å²) in [5.74, 6) is 0.107. The number of hydrogen-bond acceptors (Lipinski definition) is 6. The Morgan fingerprint density at radius 2 is 1.96 bits per heavy atom. The molecule has 1 aliphatic rings. The van der Waals surface area contributed by atoms with Crippen molar-refractivity contribution in [1.29, 1.82) is 0 Å². The third-order valence-electron chi connectivity index (χ3n) is 4.21. The summed E-state index contributed by atoms with van der Waals surface area (Å²) in [6, 6.07) is 12.9. The van der Waals surface area contributed by atoms with Crippen molar-refractivity contribution >= 4 is 60.5 Å². The Balaban J connectivity index is 1.73. The molecule has 0 radical (unpaired) electrons. The molecule has 0 spiro atoms. The zero-order valence-electron chi connectivity index (χ0n) is 14.0. The van der Waals surface area contributed by atoms with E-state index in [-0.39, 0.29) is 5.54 Å². The number of rotatable bonds is 2. The Morgan fingerprint density at radius 1 is 1.19 bits per heavy atom. The van der Waals surface area contributed by atoms with Crippen LogP contribution in [0.4, 0.5) is 5.69 Å². The number of nitrogens with one attached hydrogen (secondary N) is 1. The summed E-state index contributed by atoms with van der Waals surface area (Å²) < 4.78 is 7.19. The second-order valence-electron chi connectivity index (χ2n) is 6.49. The first kappa shape index (κ1) is 17.9. The Kier molecular flexibility index (Phi) is 4.51. The molecule has 1 aliphatic heterocycles. The van der Waals surface area contributed by atoms with Crippen LogP contribution in [0.25, 0.3) is 11.1 Å². The van der Waals surface area contributed by atoms with Gasteiger partial charge in [0, 0.05) is 21.3 Å². The van der Waals surface area contributed by atoms with E-state index in [0.717, 1.165) is 20.6 Å². The molecule has 2 heterocycles. The second-order valence-corrected chi connectivity index (χ2v) is 10.2. The van der Waals surface area contributed by atoms with Crippen LogP contribution in [0, 0.1) is 3.82 Å². The molecule has 26 heavy (non-hydrogen) atoms. The van der Waals surface area contributed by atoms with Gasteiger partial charge in [0.05, 0.1) is 16.0 Å². The summed E-state index contributed by atoms with van der Waals surface area (Å²) >= 11 is 8.95. The number of esters is 1. The predicted octanol–water partition coefficient (Wildman–Crippen LogP) is 6.85. The lowest BCUT2D eigenvalue weighted by atomic mass is 9.90. The number of carbonyl (C=O) groups is 1. The Hall–Kier alpha value is -1.54. The van der Waals surface area contributed by atoms with Gasteiger partial charge < -0.3 is 10.1 Å². The first-order valence-corrected chi connectivity index (χ1v) is 11.2. The van der Waals surface area contributed by atoms with Gasteiger partial charge in [0.2, 0.25) is 0 Å². The standard InChI is InChI=1S/C19H14BrNO2S3/c1-19(2)16-15(18(24)26-25-16)12-9-10(7-8-14(12)21-19)23-17(22)11-5-3-4-6-13(11)20/h3-9,21H,1-2H3. The van der Waals surface area contributed by atoms with E-state index in [1.165, 1.54) is 4.88 Å². The zero-order chi connectivity index (χ0) is 18.5. The lowest BCUT2D eigenvalue weighted by molar-refractivity contribution is 0.0734. The van der Waals surface area contributed by atoms with E-state index in [9.17, 15) is 4.79 Å². The van der Waals surface area contributed by atoms with Gasteiger partial charge >= 0.3 is 5.97 Å². The van der Waals surface area contributed by atoms with Crippen LogP contribution < -0.4 is 10.1 Å². The van der Waals surface area contributed by atoms with Gasteiger partial charge in [-0.15, -0.1) is 0 Å². The second kappa shape index (κ2) is 6.56. The van der Waals surface area contributed by atoms with Crippen LogP contribution in [-0.2, 0) is 5.54 Å². The molecule has 0 unspecified atom stereocenters. The molecular formula is C19H14BrNO2S3. The average Bonchev–Trinajstić information content (AvgIpc) is 2.99. The fraction of sp³-hybridized carbons (Fsp3) is 0.158. The third-order valence-corrected chi connectivity index (χ3v) is 8.24. The van der Waals surface area contributed by atoms with E-state index in [4.69, 9.17) is 17.0 Å². The van der Waals surface area contributed by atoms with Crippen molar-refractivity contribution in [2.45, 2.75) is 19.4 Å². The van der Waals surface area contributed by atoms with Crippen LogP contribution in [-0.4, -0.2) is 5.97 Å². The maximum atomic E-state index is 12.5. The Morgan fingerprint density at radius 3 is 2.73 bits per heavy atom. The smallest absolute Gasteiger partial charge is 0.344 e. The number of fused-ring (bicyclic) bond motifs is 3. The summed E-state index contributed by atoms with van der Waals surface area (Å²) in [6.07, 6.45) is 0. The normalized spacial score (nSPS) is 14.1. The molecule has 2 aromatic carbocycles. The van der Waals surface area contributed by atoms with Gasteiger partial charge in [0.1, 0.15) is 9.57 Å². The highest BCUT2D eigenvalue weighted by molar-refractivity contribution is 9.10. The first-order valence-electron chi connectivity index (χ1n) is 7.90. The fourth-order valence-corrected chi connectivity index (χ4v) is 6.69. The molecule has 0 fully saturated rings. The summed E-state index contributed by atoms with van der Waals surface area (Å²) in [5.41, 5.74) is 3.38. The van der Waals surface area contributed by atoms with E-state index in [1.54, 1.807) is 32.8 Å². The van der Waals surface area contributed by atoms with Gasteiger partial charge in [-0.25, -0.2) is 4.79 Å². The number of carbonyl (C=O) groups excluding carboxylic acids is 1. The lowest BCUT2D eigenvalue weighted by Gasteiger charge is -2.33. The van der Waals surface area contributed by atoms with Gasteiger partial charge in [-0.3, -0.25) is 0 Å². The van der Waals surface area contributed by atoms with Crippen LogP contribution in [0.2, 0.25) is 0 Å². The molecule has 3 nitrogen and oxygen atoms in total. The van der Waals surface area contributed by atoms with E-state index >= 15 is 0 Å². The van der Waals surface area contributed by atoms with E-state index in [1.807, 2.05) is 30.3 Å². The number of ether oxygens (including phenoxy) is 1. The van der Waals surface area contributed by atoms with Gasteiger partial charge in [-0.1, -0.05) is 45.0 Å². The predicted molar refractivity (Wildman–Crippen MR) is 114 cm³/mol. The number of hydrogen-bond donors (Lipinski definition) is 1. The van der Waals surface area contributed by atoms with Crippen LogP contribution in [0.1, 0.15) is 29.1 Å². The van der Waals surface area contributed by atoms with Crippen molar-refractivity contribution in [2.24, 2.45) is 0 Å². The van der Waals surface area contributed by atoms with Gasteiger partial charge in [0.25, 0.3) is 0 Å². The van der Waals surface area contributed by atoms with Crippen molar-refractivity contribution in [3.05, 3.63) is 61.2 Å². The molecule has 0 saturated heterocycles. The summed E-state index contributed by atoms with van der Waals surface area (Å²) in [5, 5.41) is 3.55. The molecule has 0 atom stereocenters. The minimum absolute atomic E-state index is 0.173. The molecule has 7 heteroatoms. The quantitative estimate of drug-likeness (QED) is 0.195. The summed E-state index contributed by atoms with van der Waals surface area (Å²) in [4.78, 5) is 13.7. The summed E-state index contributed by atoms with van der Waals surface area (Å²) in [7, 11) is 3.31. The molecule has 4 rings (SSSR count). The molecule has 3 aromatic rings. The Bertz CT molecular complexity index is 1080. The van der Waals surface area contributed by atoms with Crippen molar-refractivity contribution in [1.82, 2.24) is 0 Å². The highest BCUT2D eigenvalue weighted by Gasteiger charge is 2.33. The minimum Gasteiger partial charge on any atom is -0.423 e. The average molecular weight is 464 g/mol. The number of halogens is 1. The monoisotopic (exact) mass is 463 g/mol. The van der Waals surface area contributed by atoms with Crippen LogP contribution in [0.3, 0.4) is 0 Å². The highest BCUT2D eigenvalue weighted by Crippen LogP contribution is 2.49. The van der Waals surface area contributed by atoms with Crippen LogP contribution >= 0.6 is 48.8 Å². The largest absolute Gasteiger partial charge is 0.423 e. The Labute approximate surface area is 172 Å². The van der Waals surface area contributed by atoms with E-state index in [2.05, 4.69) is 35.1 Å². The summed E-state index contributed by atoms with van der Waals surface area (Å²) in [6.45, 7) is 4.29. The molecular weight excluding hydrogens is 450 g/mol. The lowest BCUT2D eigenvalue weighted by Crippen LogP contribution is -2.30. The fourth-order valence-electron chi connectivity index (χ4n) is 2.99. The molecule has 132 valence electrons. The zero-order valence-corrected chi connectivity index (χ0v) is 18.0. The van der Waals surface area contributed by atoms with Crippen molar-refractivity contribution in [3.63, 3.8) is 0 Å². The van der Waals surface area contributed by atoms with Crippen LogP contribution in [0.15, 0.2) is 46.9 Å². The number of anilines is 1. The van der Waals surface area contributed by atoms with Crippen molar-refractivity contribution in [3.8, 4) is 16.9 Å². The van der Waals surface area contributed by atoms with Gasteiger partial charge in [0.15, 0.2) is 0 Å². The minimum atomic E-state index is -0.395. The van der Waals surface area contributed by atoms with Crippen LogP contribution in [0.5, 0.6) is 5.75 Å². The van der Waals surface area contributed by atoms with Gasteiger partial charge in [-0.2, -0.15) is 0 Å². The molecule has 1 aromatic heterocycles. The topological polar surface area (TPSA) is 38.3 Å². The van der Waals surface area contributed by atoms with Crippen molar-refractivity contribution < 1.29 is 9.53 Å². The third kappa shape index (κ3) is 3.03. The SMILES string of the molecule is CC1(C)Nc2ccc(OC(=O)c3ccccc3Br)cc2-c2c1ssc2=S.